The molecule has 0 atom stereocenters. The van der Waals surface area contributed by atoms with E-state index in [1.54, 1.807) is 4.57 Å². The van der Waals surface area contributed by atoms with Gasteiger partial charge in [-0.1, -0.05) is 42.5 Å². The summed E-state index contributed by atoms with van der Waals surface area (Å²) >= 11 is 0. The van der Waals surface area contributed by atoms with Gasteiger partial charge in [0.2, 0.25) is 15.0 Å². The van der Waals surface area contributed by atoms with Crippen molar-refractivity contribution in [3.8, 4) is 0 Å². The van der Waals surface area contributed by atoms with Crippen LogP contribution < -0.4 is 0 Å². The molecule has 0 bridgehead atoms. The van der Waals surface area contributed by atoms with Crippen molar-refractivity contribution in [1.82, 2.24) is 9.55 Å². The molecule has 0 saturated heterocycles. The van der Waals surface area contributed by atoms with Crippen LogP contribution in [0.1, 0.15) is 25.5 Å². The Morgan fingerprint density at radius 3 is 2.32 bits per heavy atom. The number of hydrogen-bond acceptors (Lipinski definition) is 3. The molecule has 0 fully saturated rings. The van der Waals surface area contributed by atoms with Crippen molar-refractivity contribution in [3.05, 3.63) is 60.2 Å². The van der Waals surface area contributed by atoms with Crippen molar-refractivity contribution in [1.29, 1.82) is 0 Å². The summed E-state index contributed by atoms with van der Waals surface area (Å²) in [6.45, 7) is 3.94. The summed E-state index contributed by atoms with van der Waals surface area (Å²) in [5.41, 5.74) is 2.33. The molecule has 1 heterocycles. The van der Waals surface area contributed by atoms with Gasteiger partial charge < -0.3 is 4.57 Å². The second-order valence-corrected chi connectivity index (χ2v) is 7.47. The van der Waals surface area contributed by atoms with Gasteiger partial charge in [-0.25, -0.2) is 13.4 Å². The fraction of sp³-hybridized carbons (Fsp3) is 0.235. The Bertz CT molecular complexity index is 897. The smallest absolute Gasteiger partial charge is 0.229 e. The minimum Gasteiger partial charge on any atom is -0.312 e. The van der Waals surface area contributed by atoms with E-state index in [1.165, 1.54) is 0 Å². The van der Waals surface area contributed by atoms with Crippen LogP contribution in [0.3, 0.4) is 0 Å². The van der Waals surface area contributed by atoms with Gasteiger partial charge in [0, 0.05) is 6.04 Å². The van der Waals surface area contributed by atoms with Gasteiger partial charge >= 0.3 is 0 Å². The summed E-state index contributed by atoms with van der Waals surface area (Å²) in [6.07, 6.45) is 0. The Hall–Kier alpha value is -2.14. The molecule has 22 heavy (non-hydrogen) atoms. The van der Waals surface area contributed by atoms with Crippen LogP contribution in [0.25, 0.3) is 11.0 Å². The first-order chi connectivity index (χ1) is 10.5. The normalized spacial score (nSPS) is 12.1. The second-order valence-electron chi connectivity index (χ2n) is 5.59. The average Bonchev–Trinajstić information content (AvgIpc) is 2.88. The zero-order chi connectivity index (χ0) is 15.7. The van der Waals surface area contributed by atoms with Crippen molar-refractivity contribution in [3.63, 3.8) is 0 Å². The minimum atomic E-state index is -3.50. The summed E-state index contributed by atoms with van der Waals surface area (Å²) in [7, 11) is -3.50. The molecule has 0 aliphatic carbocycles. The lowest BCUT2D eigenvalue weighted by molar-refractivity contribution is 0.531. The van der Waals surface area contributed by atoms with Gasteiger partial charge in [-0.3, -0.25) is 0 Å². The fourth-order valence-corrected chi connectivity index (χ4v) is 4.21. The Balaban J connectivity index is 2.14. The maximum Gasteiger partial charge on any atom is 0.229 e. The van der Waals surface area contributed by atoms with E-state index in [2.05, 4.69) is 4.98 Å². The summed E-state index contributed by atoms with van der Waals surface area (Å²) in [5, 5.41) is 0.146. The van der Waals surface area contributed by atoms with Crippen molar-refractivity contribution >= 4 is 20.9 Å². The van der Waals surface area contributed by atoms with Gasteiger partial charge in [0.15, 0.2) is 0 Å². The Morgan fingerprint density at radius 2 is 1.64 bits per heavy atom. The van der Waals surface area contributed by atoms with E-state index in [1.807, 2.05) is 68.4 Å². The molecular weight excluding hydrogens is 296 g/mol. The summed E-state index contributed by atoms with van der Waals surface area (Å²) in [4.78, 5) is 4.38. The molecule has 0 N–H and O–H groups in total. The van der Waals surface area contributed by atoms with Gasteiger partial charge in [-0.05, 0) is 31.5 Å². The van der Waals surface area contributed by atoms with Crippen molar-refractivity contribution in [2.24, 2.45) is 0 Å². The number of benzene rings is 2. The van der Waals surface area contributed by atoms with Crippen molar-refractivity contribution < 1.29 is 8.42 Å². The van der Waals surface area contributed by atoms with Gasteiger partial charge in [0.05, 0.1) is 16.8 Å². The minimum absolute atomic E-state index is 0.0212. The molecule has 4 nitrogen and oxygen atoms in total. The molecule has 0 unspecified atom stereocenters. The average molecular weight is 314 g/mol. The lowest BCUT2D eigenvalue weighted by Gasteiger charge is -2.13. The molecule has 1 aromatic heterocycles. The highest BCUT2D eigenvalue weighted by atomic mass is 32.2. The third-order valence-corrected chi connectivity index (χ3v) is 5.12. The monoisotopic (exact) mass is 314 g/mol. The molecule has 0 spiro atoms. The Kier molecular flexibility index (Phi) is 3.74. The maximum atomic E-state index is 12.8. The van der Waals surface area contributed by atoms with E-state index in [4.69, 9.17) is 0 Å². The van der Waals surface area contributed by atoms with E-state index in [9.17, 15) is 8.42 Å². The van der Waals surface area contributed by atoms with Crippen molar-refractivity contribution in [2.75, 3.05) is 0 Å². The quantitative estimate of drug-likeness (QED) is 0.739. The standard InChI is InChI=1S/C17H18N2O2S/c1-13(2)19-16-11-7-6-10-15(16)18-17(19)22(20,21)12-14-8-4-3-5-9-14/h3-11,13H,12H2,1-2H3. The van der Waals surface area contributed by atoms with Crippen LogP contribution in [0.15, 0.2) is 59.8 Å². The van der Waals surface area contributed by atoms with Gasteiger partial charge in [0.1, 0.15) is 0 Å². The summed E-state index contributed by atoms with van der Waals surface area (Å²) in [6, 6.07) is 16.7. The molecular formula is C17H18N2O2S. The van der Waals surface area contributed by atoms with Crippen LogP contribution in [0.2, 0.25) is 0 Å². The maximum absolute atomic E-state index is 12.8. The highest BCUT2D eigenvalue weighted by Crippen LogP contribution is 2.26. The molecule has 0 saturated carbocycles. The molecule has 3 aromatic rings. The number of imidazole rings is 1. The number of sulfone groups is 1. The summed E-state index contributed by atoms with van der Waals surface area (Å²) in [5.74, 6) is -0.0378. The molecule has 114 valence electrons. The highest BCUT2D eigenvalue weighted by Gasteiger charge is 2.25. The second kappa shape index (κ2) is 5.57. The van der Waals surface area contributed by atoms with Gasteiger partial charge in [-0.15, -0.1) is 0 Å². The molecule has 0 aliphatic rings. The van der Waals surface area contributed by atoms with E-state index in [0.29, 0.717) is 5.52 Å². The van der Waals surface area contributed by atoms with Gasteiger partial charge in [0.25, 0.3) is 0 Å². The molecule has 0 aliphatic heterocycles. The topological polar surface area (TPSA) is 52.0 Å². The molecule has 3 rings (SSSR count). The van der Waals surface area contributed by atoms with Crippen LogP contribution in [-0.4, -0.2) is 18.0 Å². The number of nitrogens with zero attached hydrogens (tertiary/aromatic N) is 2. The highest BCUT2D eigenvalue weighted by molar-refractivity contribution is 7.90. The van der Waals surface area contributed by atoms with E-state index in [-0.39, 0.29) is 17.0 Å². The van der Waals surface area contributed by atoms with Crippen LogP contribution in [0, 0.1) is 0 Å². The van der Waals surface area contributed by atoms with Crippen molar-refractivity contribution in [2.45, 2.75) is 30.8 Å². The lowest BCUT2D eigenvalue weighted by atomic mass is 10.2. The number of hydrogen-bond donors (Lipinski definition) is 0. The third-order valence-electron chi connectivity index (χ3n) is 3.56. The predicted octanol–water partition coefficient (Wildman–Crippen LogP) is 3.59. The Labute approximate surface area is 130 Å². The number of fused-ring (bicyclic) bond motifs is 1. The molecule has 2 aromatic carbocycles. The Morgan fingerprint density at radius 1 is 1.00 bits per heavy atom. The first-order valence-electron chi connectivity index (χ1n) is 7.23. The zero-order valence-corrected chi connectivity index (χ0v) is 13.4. The van der Waals surface area contributed by atoms with E-state index < -0.39 is 9.84 Å². The van der Waals surface area contributed by atoms with E-state index >= 15 is 0 Å². The molecule has 5 heteroatoms. The SMILES string of the molecule is CC(C)n1c(S(=O)(=O)Cc2ccccc2)nc2ccccc21. The third kappa shape index (κ3) is 2.64. The first kappa shape index (κ1) is 14.8. The fourth-order valence-electron chi connectivity index (χ4n) is 2.60. The predicted molar refractivity (Wildman–Crippen MR) is 87.4 cm³/mol. The lowest BCUT2D eigenvalue weighted by Crippen LogP contribution is -2.14. The van der Waals surface area contributed by atoms with Crippen LogP contribution in [0.5, 0.6) is 0 Å². The van der Waals surface area contributed by atoms with E-state index in [0.717, 1.165) is 11.1 Å². The largest absolute Gasteiger partial charge is 0.312 e. The molecule has 0 amide bonds. The van der Waals surface area contributed by atoms with Crippen LogP contribution >= 0.6 is 0 Å². The zero-order valence-electron chi connectivity index (χ0n) is 12.6. The number of rotatable bonds is 4. The number of para-hydroxylation sites is 2. The van der Waals surface area contributed by atoms with Gasteiger partial charge in [-0.2, -0.15) is 0 Å². The van der Waals surface area contributed by atoms with Crippen LogP contribution in [0.4, 0.5) is 0 Å². The molecule has 0 radical (unpaired) electrons. The first-order valence-corrected chi connectivity index (χ1v) is 8.88. The number of aromatic nitrogens is 2. The van der Waals surface area contributed by atoms with Crippen LogP contribution in [-0.2, 0) is 15.6 Å². The summed E-state index contributed by atoms with van der Waals surface area (Å²) < 4.78 is 27.4.